The molecule has 1 saturated carbocycles. The van der Waals surface area contributed by atoms with Gasteiger partial charge in [0.25, 0.3) is 0 Å². The fraction of sp³-hybridized carbons (Fsp3) is 0.455. The molecule has 0 amide bonds. The van der Waals surface area contributed by atoms with Crippen LogP contribution in [0.4, 0.5) is 0 Å². The zero-order valence-electron chi connectivity index (χ0n) is 7.09. The number of ether oxygens (including phenoxy) is 1. The third-order valence-corrected chi connectivity index (χ3v) is 3.31. The smallest absolute Gasteiger partial charge is 0.120 e. The predicted molar refractivity (Wildman–Crippen MR) is 64.1 cm³/mol. The second kappa shape index (κ2) is 5.04. The highest BCUT2D eigenvalue weighted by molar-refractivity contribution is 9.10. The largest absolute Gasteiger partial charge is 0.493 e. The molecule has 0 unspecified atom stereocenters. The van der Waals surface area contributed by atoms with Crippen LogP contribution in [0.2, 0.25) is 5.02 Å². The Morgan fingerprint density at radius 1 is 1.43 bits per heavy atom. The van der Waals surface area contributed by atoms with Crippen LogP contribution in [0.25, 0.3) is 0 Å². The van der Waals surface area contributed by atoms with Gasteiger partial charge >= 0.3 is 0 Å². The Bertz CT molecular complexity index is 310. The van der Waals surface area contributed by atoms with E-state index in [1.54, 1.807) is 0 Å². The van der Waals surface area contributed by atoms with Crippen molar-refractivity contribution in [1.82, 2.24) is 0 Å². The maximum atomic E-state index is 5.92. The van der Waals surface area contributed by atoms with Gasteiger partial charge in [-0.3, -0.25) is 0 Å². The van der Waals surface area contributed by atoms with Crippen molar-refractivity contribution in [3.8, 4) is 5.75 Å². The third-order valence-electron chi connectivity index (χ3n) is 2.07. The first-order valence-corrected chi connectivity index (χ1v) is 5.50. The van der Waals surface area contributed by atoms with Gasteiger partial charge in [-0.05, 0) is 52.9 Å². The highest BCUT2D eigenvalue weighted by atomic mass is 79.9. The minimum absolute atomic E-state index is 0. The Morgan fingerprint density at radius 2 is 2.14 bits per heavy atom. The molecule has 0 N–H and O–H groups in total. The lowest BCUT2D eigenvalue weighted by atomic mass is 10.3. The first-order valence-electron chi connectivity index (χ1n) is 4.33. The summed E-state index contributed by atoms with van der Waals surface area (Å²) in [7, 11) is 0. The molecule has 0 aromatic heterocycles. The maximum Gasteiger partial charge on any atom is 0.120 e. The number of benzene rings is 1. The summed E-state index contributed by atoms with van der Waals surface area (Å²) in [5, 5.41) is 0.702. The highest BCUT2D eigenvalue weighted by Gasteiger charge is 2.21. The second-order valence-electron chi connectivity index (χ2n) is 3.33. The van der Waals surface area contributed by atoms with Crippen molar-refractivity contribution in [3.05, 3.63) is 27.7 Å². The van der Waals surface area contributed by atoms with E-state index in [1.165, 1.54) is 12.8 Å². The van der Waals surface area contributed by atoms with Crippen LogP contribution in [0.3, 0.4) is 0 Å². The average Bonchev–Trinajstić information content (AvgIpc) is 2.91. The molecule has 1 aliphatic carbocycles. The minimum atomic E-state index is 0. The molecular weight excluding hydrogens is 263 g/mol. The van der Waals surface area contributed by atoms with Gasteiger partial charge in [0, 0.05) is 4.47 Å². The minimum Gasteiger partial charge on any atom is -0.493 e. The topological polar surface area (TPSA) is 9.23 Å². The van der Waals surface area contributed by atoms with Crippen molar-refractivity contribution in [3.63, 3.8) is 0 Å². The van der Waals surface area contributed by atoms with Crippen molar-refractivity contribution in [2.24, 2.45) is 5.92 Å². The number of rotatable bonds is 3. The molecule has 2 rings (SSSR count). The Kier molecular flexibility index (Phi) is 4.27. The van der Waals surface area contributed by atoms with E-state index in [0.717, 1.165) is 22.7 Å². The van der Waals surface area contributed by atoms with E-state index in [-0.39, 0.29) is 7.43 Å². The molecule has 1 aliphatic rings. The average molecular weight is 278 g/mol. The number of hydrogen-bond acceptors (Lipinski definition) is 1. The molecule has 0 radical (unpaired) electrons. The van der Waals surface area contributed by atoms with Crippen molar-refractivity contribution in [1.29, 1.82) is 0 Å². The molecule has 1 aromatic carbocycles. The lowest BCUT2D eigenvalue weighted by Crippen LogP contribution is -1.98. The van der Waals surface area contributed by atoms with Gasteiger partial charge in [0.1, 0.15) is 5.75 Å². The van der Waals surface area contributed by atoms with Crippen LogP contribution < -0.4 is 4.74 Å². The van der Waals surface area contributed by atoms with Gasteiger partial charge in [0.2, 0.25) is 0 Å². The molecule has 78 valence electrons. The van der Waals surface area contributed by atoms with E-state index in [4.69, 9.17) is 16.3 Å². The molecule has 0 spiro atoms. The molecule has 1 aromatic rings. The first kappa shape index (κ1) is 11.9. The predicted octanol–water partition coefficient (Wildman–Crippen LogP) is 4.53. The van der Waals surface area contributed by atoms with Gasteiger partial charge in [-0.25, -0.2) is 0 Å². The fourth-order valence-electron chi connectivity index (χ4n) is 1.07. The van der Waals surface area contributed by atoms with Crippen LogP contribution >= 0.6 is 27.5 Å². The van der Waals surface area contributed by atoms with Crippen molar-refractivity contribution in [2.75, 3.05) is 6.61 Å². The zero-order chi connectivity index (χ0) is 9.26. The van der Waals surface area contributed by atoms with Crippen molar-refractivity contribution >= 4 is 27.5 Å². The van der Waals surface area contributed by atoms with Gasteiger partial charge in [0.05, 0.1) is 11.6 Å². The van der Waals surface area contributed by atoms with Crippen LogP contribution in [0.15, 0.2) is 22.7 Å². The van der Waals surface area contributed by atoms with Gasteiger partial charge in [-0.1, -0.05) is 19.0 Å². The van der Waals surface area contributed by atoms with E-state index in [9.17, 15) is 0 Å². The quantitative estimate of drug-likeness (QED) is 0.789. The van der Waals surface area contributed by atoms with Gasteiger partial charge < -0.3 is 4.74 Å². The van der Waals surface area contributed by atoms with E-state index in [2.05, 4.69) is 15.9 Å². The lowest BCUT2D eigenvalue weighted by Gasteiger charge is -2.05. The summed E-state index contributed by atoms with van der Waals surface area (Å²) in [6, 6.07) is 5.68. The standard InChI is InChI=1S/C10H10BrClO.CH4/c11-9-4-3-8(5-10(9)12)13-6-7-1-2-7;/h3-5,7H,1-2,6H2;1H4. The molecule has 0 atom stereocenters. The van der Waals surface area contributed by atoms with Crippen LogP contribution in [-0.4, -0.2) is 6.61 Å². The summed E-state index contributed by atoms with van der Waals surface area (Å²) in [5.41, 5.74) is 0. The normalized spacial score (nSPS) is 14.7. The Labute approximate surface area is 98.5 Å². The molecule has 14 heavy (non-hydrogen) atoms. The molecule has 1 nitrogen and oxygen atoms in total. The Hall–Kier alpha value is -0.210. The van der Waals surface area contributed by atoms with Crippen molar-refractivity contribution in [2.45, 2.75) is 20.3 Å². The van der Waals surface area contributed by atoms with E-state index in [1.807, 2.05) is 18.2 Å². The number of hydrogen-bond donors (Lipinski definition) is 0. The SMILES string of the molecule is C.Clc1cc(OCC2CC2)ccc1Br. The summed E-state index contributed by atoms with van der Waals surface area (Å²) in [6.45, 7) is 0.831. The van der Waals surface area contributed by atoms with Gasteiger partial charge in [0.15, 0.2) is 0 Å². The Morgan fingerprint density at radius 3 is 2.71 bits per heavy atom. The van der Waals surface area contributed by atoms with Crippen LogP contribution in [0, 0.1) is 5.92 Å². The van der Waals surface area contributed by atoms with E-state index < -0.39 is 0 Å². The summed E-state index contributed by atoms with van der Waals surface area (Å²) in [5.74, 6) is 1.64. The first-order chi connectivity index (χ1) is 6.25. The molecule has 3 heteroatoms. The van der Waals surface area contributed by atoms with Gasteiger partial charge in [-0.15, -0.1) is 0 Å². The molecular formula is C11H14BrClO. The summed E-state index contributed by atoms with van der Waals surface area (Å²) in [6.07, 6.45) is 2.62. The molecule has 0 bridgehead atoms. The van der Waals surface area contributed by atoms with E-state index >= 15 is 0 Å². The monoisotopic (exact) mass is 276 g/mol. The van der Waals surface area contributed by atoms with E-state index in [0.29, 0.717) is 5.02 Å². The maximum absolute atomic E-state index is 5.92. The fourth-order valence-corrected chi connectivity index (χ4v) is 1.48. The lowest BCUT2D eigenvalue weighted by molar-refractivity contribution is 0.300. The summed E-state index contributed by atoms with van der Waals surface area (Å²) >= 11 is 9.25. The summed E-state index contributed by atoms with van der Waals surface area (Å²) in [4.78, 5) is 0. The third kappa shape index (κ3) is 3.18. The highest BCUT2D eigenvalue weighted by Crippen LogP contribution is 2.31. The van der Waals surface area contributed by atoms with Gasteiger partial charge in [-0.2, -0.15) is 0 Å². The molecule has 1 fully saturated rings. The van der Waals surface area contributed by atoms with Crippen LogP contribution in [0.5, 0.6) is 5.75 Å². The number of halogens is 2. The summed E-state index contributed by atoms with van der Waals surface area (Å²) < 4.78 is 6.47. The Balaban J connectivity index is 0.000000980. The second-order valence-corrected chi connectivity index (χ2v) is 4.59. The molecule has 0 saturated heterocycles. The van der Waals surface area contributed by atoms with Crippen molar-refractivity contribution < 1.29 is 4.74 Å². The molecule has 0 heterocycles. The van der Waals surface area contributed by atoms with Crippen LogP contribution in [0.1, 0.15) is 20.3 Å². The molecule has 0 aliphatic heterocycles. The van der Waals surface area contributed by atoms with Crippen LogP contribution in [-0.2, 0) is 0 Å². The zero-order valence-corrected chi connectivity index (χ0v) is 9.44.